The van der Waals surface area contributed by atoms with E-state index in [1.807, 2.05) is 13.8 Å². The first-order valence-corrected chi connectivity index (χ1v) is 12.9. The van der Waals surface area contributed by atoms with Crippen LogP contribution in [0.25, 0.3) is 0 Å². The lowest BCUT2D eigenvalue weighted by atomic mass is 10.0. The maximum atomic E-state index is 13.3. The Hall–Kier alpha value is -2.37. The van der Waals surface area contributed by atoms with Crippen LogP contribution in [0.4, 0.5) is 10.5 Å². The normalized spacial score (nSPS) is 23.0. The molecule has 3 atom stereocenters. The highest BCUT2D eigenvalue weighted by Gasteiger charge is 2.32. The monoisotopic (exact) mass is 484 g/mol. The molecule has 0 saturated heterocycles. The van der Waals surface area contributed by atoms with Crippen LogP contribution in [0.5, 0.6) is 5.75 Å². The van der Waals surface area contributed by atoms with Crippen molar-refractivity contribution >= 4 is 27.6 Å². The number of carbonyl (C=O) groups excluding carboxylic acids is 2. The fourth-order valence-corrected chi connectivity index (χ4v) is 4.92. The van der Waals surface area contributed by atoms with Crippen LogP contribution in [0.2, 0.25) is 0 Å². The van der Waals surface area contributed by atoms with Crippen molar-refractivity contribution in [1.82, 2.24) is 14.5 Å². The van der Waals surface area contributed by atoms with E-state index in [2.05, 4.69) is 10.6 Å². The average molecular weight is 485 g/mol. The quantitative estimate of drug-likeness (QED) is 0.660. The number of rotatable bonds is 5. The highest BCUT2D eigenvalue weighted by molar-refractivity contribution is 7.88. The van der Waals surface area contributed by atoms with Gasteiger partial charge in [-0.15, -0.1) is 0 Å². The molecule has 0 fully saturated rings. The number of hydrogen-bond donors (Lipinski definition) is 2. The van der Waals surface area contributed by atoms with Gasteiger partial charge < -0.3 is 25.0 Å². The van der Waals surface area contributed by atoms with Crippen molar-refractivity contribution in [1.29, 1.82) is 0 Å². The number of ether oxygens (including phenoxy) is 2. The van der Waals surface area contributed by atoms with E-state index in [1.54, 1.807) is 39.3 Å². The molecule has 0 aromatic heterocycles. The molecule has 11 heteroatoms. The Morgan fingerprint density at radius 3 is 2.58 bits per heavy atom. The largest absolute Gasteiger partial charge is 0.491 e. The topological polar surface area (TPSA) is 117 Å². The second-order valence-electron chi connectivity index (χ2n) is 8.52. The molecule has 0 radical (unpaired) electrons. The summed E-state index contributed by atoms with van der Waals surface area (Å²) in [6.45, 7) is 6.72. The first kappa shape index (κ1) is 26.9. The number of hydrogen-bond acceptors (Lipinski definition) is 6. The van der Waals surface area contributed by atoms with Crippen LogP contribution < -0.4 is 15.4 Å². The molecule has 186 valence electrons. The van der Waals surface area contributed by atoms with Crippen LogP contribution in [0.15, 0.2) is 18.2 Å². The molecule has 1 aromatic carbocycles. The number of likely N-dealkylation sites (N-methyl/N-ethyl adjacent to an activating group) is 1. The summed E-state index contributed by atoms with van der Waals surface area (Å²) in [5.74, 6) is -0.143. The number of nitrogens with one attached hydrogen (secondary N) is 2. The predicted octanol–water partition coefficient (Wildman–Crippen LogP) is 1.98. The summed E-state index contributed by atoms with van der Waals surface area (Å²) in [4.78, 5) is 26.9. The lowest BCUT2D eigenvalue weighted by Crippen LogP contribution is -2.48. The van der Waals surface area contributed by atoms with Gasteiger partial charge in [0, 0.05) is 39.5 Å². The maximum Gasteiger partial charge on any atom is 0.319 e. The molecule has 1 aliphatic heterocycles. The number of anilines is 1. The fraction of sp³-hybridized carbons (Fsp3) is 0.636. The molecular weight excluding hydrogens is 448 g/mol. The highest BCUT2D eigenvalue weighted by atomic mass is 32.2. The van der Waals surface area contributed by atoms with E-state index in [0.29, 0.717) is 18.0 Å². The van der Waals surface area contributed by atoms with E-state index >= 15 is 0 Å². The average Bonchev–Trinajstić information content (AvgIpc) is 2.76. The summed E-state index contributed by atoms with van der Waals surface area (Å²) in [6, 6.07) is 3.99. The molecule has 1 aliphatic rings. The van der Waals surface area contributed by atoms with Crippen LogP contribution in [0.3, 0.4) is 0 Å². The Labute approximate surface area is 196 Å². The summed E-state index contributed by atoms with van der Waals surface area (Å²) < 4.78 is 37.8. The number of carbonyl (C=O) groups is 2. The molecule has 0 bridgehead atoms. The first-order valence-electron chi connectivity index (χ1n) is 11.0. The highest BCUT2D eigenvalue weighted by Crippen LogP contribution is 2.26. The summed E-state index contributed by atoms with van der Waals surface area (Å²) in [6.07, 6.45) is 1.60. The van der Waals surface area contributed by atoms with Crippen LogP contribution in [-0.4, -0.2) is 88.4 Å². The minimum absolute atomic E-state index is 0.0607. The van der Waals surface area contributed by atoms with E-state index in [4.69, 9.17) is 9.47 Å². The van der Waals surface area contributed by atoms with Gasteiger partial charge in [0.25, 0.3) is 5.91 Å². The molecule has 2 rings (SSSR count). The fourth-order valence-electron chi connectivity index (χ4n) is 3.70. The standard InChI is InChI=1S/C22H36N4O6S/c1-7-10-23-22(28)24-17-8-9-19-18(11-17)21(27)25(4)13-20(31-5)15(2)12-26(33(6,29)30)16(3)14-32-19/h8-9,11,15-16,20H,7,10,12-14H2,1-6H3,(H2,23,24,28)/t15-,16-,20-/m0/s1. The minimum atomic E-state index is -3.50. The van der Waals surface area contributed by atoms with Gasteiger partial charge >= 0.3 is 6.03 Å². The summed E-state index contributed by atoms with van der Waals surface area (Å²) in [7, 11) is -0.292. The Morgan fingerprint density at radius 1 is 1.27 bits per heavy atom. The van der Waals surface area contributed by atoms with E-state index in [1.165, 1.54) is 15.5 Å². The molecule has 2 N–H and O–H groups in total. The van der Waals surface area contributed by atoms with Crippen LogP contribution in [0.1, 0.15) is 37.6 Å². The number of sulfonamides is 1. The van der Waals surface area contributed by atoms with Crippen molar-refractivity contribution in [3.05, 3.63) is 23.8 Å². The van der Waals surface area contributed by atoms with Crippen molar-refractivity contribution < 1.29 is 27.5 Å². The number of methoxy groups -OCH3 is 1. The molecule has 0 aliphatic carbocycles. The zero-order chi connectivity index (χ0) is 24.8. The van der Waals surface area contributed by atoms with Crippen LogP contribution in [-0.2, 0) is 14.8 Å². The molecule has 10 nitrogen and oxygen atoms in total. The Bertz CT molecular complexity index is 939. The van der Waals surface area contributed by atoms with Gasteiger partial charge in [0.15, 0.2) is 0 Å². The Morgan fingerprint density at radius 2 is 1.97 bits per heavy atom. The SMILES string of the molecule is CCCNC(=O)Nc1ccc2c(c1)C(=O)N(C)C[C@H](OC)[C@@H](C)CN(S(C)(=O)=O)[C@@H](C)CO2. The van der Waals surface area contributed by atoms with Gasteiger partial charge in [0.1, 0.15) is 12.4 Å². The van der Waals surface area contributed by atoms with Gasteiger partial charge in [0.05, 0.1) is 24.0 Å². The van der Waals surface area contributed by atoms with Gasteiger partial charge in [-0.25, -0.2) is 13.2 Å². The molecule has 0 saturated carbocycles. The molecule has 1 heterocycles. The molecule has 1 aromatic rings. The number of benzene rings is 1. The maximum absolute atomic E-state index is 13.3. The third-order valence-electron chi connectivity index (χ3n) is 5.61. The molecule has 33 heavy (non-hydrogen) atoms. The van der Waals surface area contributed by atoms with Gasteiger partial charge in [0.2, 0.25) is 10.0 Å². The van der Waals surface area contributed by atoms with Crippen molar-refractivity contribution in [2.24, 2.45) is 5.92 Å². The van der Waals surface area contributed by atoms with Crippen LogP contribution >= 0.6 is 0 Å². The van der Waals surface area contributed by atoms with Gasteiger partial charge in [-0.05, 0) is 37.5 Å². The van der Waals surface area contributed by atoms with E-state index in [9.17, 15) is 18.0 Å². The van der Waals surface area contributed by atoms with E-state index in [-0.39, 0.29) is 49.2 Å². The zero-order valence-electron chi connectivity index (χ0n) is 20.3. The van der Waals surface area contributed by atoms with Gasteiger partial charge in [-0.1, -0.05) is 13.8 Å². The minimum Gasteiger partial charge on any atom is -0.491 e. The van der Waals surface area contributed by atoms with Gasteiger partial charge in [-0.3, -0.25) is 4.79 Å². The summed E-state index contributed by atoms with van der Waals surface area (Å²) in [5, 5.41) is 5.45. The lowest BCUT2D eigenvalue weighted by Gasteiger charge is -2.34. The van der Waals surface area contributed by atoms with Gasteiger partial charge in [-0.2, -0.15) is 4.31 Å². The van der Waals surface area contributed by atoms with E-state index < -0.39 is 16.1 Å². The van der Waals surface area contributed by atoms with Crippen LogP contribution in [0, 0.1) is 5.92 Å². The second-order valence-corrected chi connectivity index (χ2v) is 10.5. The molecule has 3 amide bonds. The Kier molecular flexibility index (Phi) is 9.50. The zero-order valence-corrected chi connectivity index (χ0v) is 21.1. The van der Waals surface area contributed by atoms with E-state index in [0.717, 1.165) is 6.42 Å². The molecular formula is C22H36N4O6S. The number of amides is 3. The number of urea groups is 1. The van der Waals surface area contributed by atoms with Crippen molar-refractivity contribution in [3.8, 4) is 5.75 Å². The summed E-state index contributed by atoms with van der Waals surface area (Å²) in [5.41, 5.74) is 0.717. The third kappa shape index (κ3) is 7.31. The third-order valence-corrected chi connectivity index (χ3v) is 6.97. The number of fused-ring (bicyclic) bond motifs is 1. The van der Waals surface area contributed by atoms with Crippen molar-refractivity contribution in [2.45, 2.75) is 39.3 Å². The van der Waals surface area contributed by atoms with Crippen molar-refractivity contribution in [2.75, 3.05) is 52.0 Å². The molecule has 0 spiro atoms. The summed E-state index contributed by atoms with van der Waals surface area (Å²) >= 11 is 0. The second kappa shape index (κ2) is 11.7. The predicted molar refractivity (Wildman–Crippen MR) is 127 cm³/mol. The first-order chi connectivity index (χ1) is 15.5. The Balaban J connectivity index is 2.43. The van der Waals surface area contributed by atoms with Crippen molar-refractivity contribution in [3.63, 3.8) is 0 Å². The smallest absolute Gasteiger partial charge is 0.319 e. The number of nitrogens with zero attached hydrogens (tertiary/aromatic N) is 2. The molecule has 0 unspecified atom stereocenters. The lowest BCUT2D eigenvalue weighted by molar-refractivity contribution is 0.0213.